The molecule has 0 saturated carbocycles. The highest BCUT2D eigenvalue weighted by Crippen LogP contribution is 2.55. The normalized spacial score (nSPS) is 22.6. The average molecular weight is 889 g/mol. The highest BCUT2D eigenvalue weighted by Gasteiger charge is 2.49. The van der Waals surface area contributed by atoms with Crippen LogP contribution in [0.4, 0.5) is 34.1 Å². The second-order valence-electron chi connectivity index (χ2n) is 28.3. The third-order valence-electron chi connectivity index (χ3n) is 19.3. The topological polar surface area (TPSA) is 6.48 Å². The Morgan fingerprint density at radius 2 is 0.761 bits per heavy atom. The first-order valence-corrected chi connectivity index (χ1v) is 26.5. The molecule has 0 amide bonds. The van der Waals surface area contributed by atoms with Crippen LogP contribution in [0.15, 0.2) is 72.8 Å². The van der Waals surface area contributed by atoms with Crippen molar-refractivity contribution in [1.82, 2.24) is 0 Å². The predicted molar refractivity (Wildman–Crippen MR) is 291 cm³/mol. The van der Waals surface area contributed by atoms with Crippen molar-refractivity contribution in [1.29, 1.82) is 0 Å². The molecular weight excluding hydrogens is 808 g/mol. The fourth-order valence-electron chi connectivity index (χ4n) is 14.2. The molecule has 0 radical (unpaired) electrons. The van der Waals surface area contributed by atoms with E-state index in [2.05, 4.69) is 200 Å². The minimum Gasteiger partial charge on any atom is -0.311 e. The average Bonchev–Trinajstić information content (AvgIpc) is 3.24. The molecule has 0 bridgehead atoms. The molecule has 0 spiro atoms. The predicted octanol–water partition coefficient (Wildman–Crippen LogP) is 15.7. The minimum atomic E-state index is -0.0810. The highest BCUT2D eigenvalue weighted by molar-refractivity contribution is 7.00. The summed E-state index contributed by atoms with van der Waals surface area (Å²) in [4.78, 5) is 5.52. The lowest BCUT2D eigenvalue weighted by molar-refractivity contribution is 0.332. The van der Waals surface area contributed by atoms with Crippen molar-refractivity contribution in [2.45, 2.75) is 219 Å². The van der Waals surface area contributed by atoms with Crippen LogP contribution in [0.1, 0.15) is 219 Å². The Labute approximate surface area is 406 Å². The minimum absolute atomic E-state index is 0.0717. The molecule has 3 heteroatoms. The molecule has 4 aliphatic carbocycles. The Morgan fingerprint density at radius 3 is 1.21 bits per heavy atom. The molecule has 0 unspecified atom stereocenters. The molecule has 11 rings (SSSR count). The first-order chi connectivity index (χ1) is 31.0. The fraction of sp³-hybridized carbons (Fsp3) is 0.531. The zero-order valence-corrected chi connectivity index (χ0v) is 44.8. The second kappa shape index (κ2) is 14.0. The summed E-state index contributed by atoms with van der Waals surface area (Å²) in [5.41, 5.74) is 26.7. The van der Waals surface area contributed by atoms with Gasteiger partial charge in [-0.2, -0.15) is 0 Å². The van der Waals surface area contributed by atoms with Crippen molar-refractivity contribution >= 4 is 57.2 Å². The van der Waals surface area contributed by atoms with Gasteiger partial charge in [0.2, 0.25) is 0 Å². The van der Waals surface area contributed by atoms with E-state index >= 15 is 0 Å². The fourth-order valence-corrected chi connectivity index (χ4v) is 14.2. The number of fused-ring (bicyclic) bond motifs is 8. The van der Waals surface area contributed by atoms with Gasteiger partial charge in [0.05, 0.1) is 0 Å². The molecule has 67 heavy (non-hydrogen) atoms. The van der Waals surface area contributed by atoms with E-state index in [-0.39, 0.29) is 50.0 Å². The molecular formula is C64H81BN2. The van der Waals surface area contributed by atoms with Crippen LogP contribution in [0, 0.1) is 0 Å². The van der Waals surface area contributed by atoms with E-state index in [1.54, 1.807) is 11.1 Å². The van der Waals surface area contributed by atoms with Crippen LogP contribution in [-0.2, 0) is 49.7 Å². The van der Waals surface area contributed by atoms with Crippen molar-refractivity contribution in [3.63, 3.8) is 0 Å². The first-order valence-electron chi connectivity index (χ1n) is 26.5. The van der Waals surface area contributed by atoms with Gasteiger partial charge in [0.1, 0.15) is 0 Å². The van der Waals surface area contributed by atoms with Gasteiger partial charge >= 0.3 is 0 Å². The molecule has 0 fully saturated rings. The van der Waals surface area contributed by atoms with Gasteiger partial charge in [-0.1, -0.05) is 142 Å². The monoisotopic (exact) mass is 889 g/mol. The zero-order chi connectivity index (χ0) is 48.0. The van der Waals surface area contributed by atoms with E-state index in [1.165, 1.54) is 147 Å². The van der Waals surface area contributed by atoms with Crippen LogP contribution in [0.2, 0.25) is 0 Å². The smallest absolute Gasteiger partial charge is 0.252 e. The van der Waals surface area contributed by atoms with Crippen molar-refractivity contribution in [3.8, 4) is 0 Å². The Hall–Kier alpha value is -4.24. The van der Waals surface area contributed by atoms with E-state index in [0.717, 1.165) is 0 Å². The Balaban J connectivity index is 1.30. The molecule has 350 valence electrons. The maximum absolute atomic E-state index is 2.76. The van der Waals surface area contributed by atoms with E-state index < -0.39 is 0 Å². The molecule has 2 nitrogen and oxygen atoms in total. The molecule has 2 heterocycles. The molecule has 0 N–H and O–H groups in total. The number of rotatable bonds is 2. The zero-order valence-electron chi connectivity index (χ0n) is 44.8. The largest absolute Gasteiger partial charge is 0.311 e. The number of anilines is 6. The number of nitrogens with zero attached hydrogens (tertiary/aromatic N) is 2. The Morgan fingerprint density at radius 1 is 0.388 bits per heavy atom. The molecule has 0 saturated heterocycles. The second-order valence-corrected chi connectivity index (χ2v) is 28.3. The lowest BCUT2D eigenvalue weighted by Gasteiger charge is -2.49. The molecule has 0 atom stereocenters. The summed E-state index contributed by atoms with van der Waals surface area (Å²) in [5.74, 6) is 0. The standard InChI is InChI=1S/C64H81BN2/c1-57(2,3)40-31-54-56-55(32-40)67(42-22-23-43-45(34-42)60(8,9)26-25-59(43,6)7)53-38-49-47(62(12,13)28-30-64(49,16)17)36-51(53)65(56)50-35-46-48(63(14,15)29-27-61(46,10)11)37-52(50)66(54)41-21-20-39-19-18-24-58(4,5)44(39)33-41/h20-23,31-38H,18-19,24-30H2,1-17H3. The van der Waals surface area contributed by atoms with Gasteiger partial charge in [0.15, 0.2) is 0 Å². The highest BCUT2D eigenvalue weighted by atomic mass is 15.2. The molecule has 0 aromatic heterocycles. The maximum atomic E-state index is 2.76. The summed E-state index contributed by atoms with van der Waals surface area (Å²) in [6.45, 7) is 42.4. The van der Waals surface area contributed by atoms with Crippen LogP contribution in [0.25, 0.3) is 0 Å². The number of aryl methyl sites for hydroxylation is 1. The van der Waals surface area contributed by atoms with Crippen LogP contribution in [0.3, 0.4) is 0 Å². The lowest BCUT2D eigenvalue weighted by Crippen LogP contribution is -2.62. The summed E-state index contributed by atoms with van der Waals surface area (Å²) in [5, 5.41) is 0. The molecule has 5 aromatic carbocycles. The van der Waals surface area contributed by atoms with Crippen molar-refractivity contribution in [2.75, 3.05) is 9.80 Å². The van der Waals surface area contributed by atoms with Crippen LogP contribution in [0.5, 0.6) is 0 Å². The van der Waals surface area contributed by atoms with Crippen LogP contribution >= 0.6 is 0 Å². The SMILES string of the molecule is CC(C)(C)c1cc2c3c(c1)N(c1ccc4c(c1)C(C)(C)CCC4(C)C)c1cc4c(cc1B3c1cc3c(cc1N2c1ccc2c(c1)C(C)(C)CCC2)C(C)(C)CCC3(C)C)C(C)(C)CCC4(C)C. The van der Waals surface area contributed by atoms with E-state index in [0.29, 0.717) is 0 Å². The lowest BCUT2D eigenvalue weighted by atomic mass is 9.32. The number of hydrogen-bond acceptors (Lipinski definition) is 2. The molecule has 6 aliphatic rings. The summed E-state index contributed by atoms with van der Waals surface area (Å²) >= 11 is 0. The first kappa shape index (κ1) is 45.2. The summed E-state index contributed by atoms with van der Waals surface area (Å²) in [6, 6.07) is 31.4. The number of hydrogen-bond donors (Lipinski definition) is 0. The summed E-state index contributed by atoms with van der Waals surface area (Å²) in [6.07, 6.45) is 10.8. The van der Waals surface area contributed by atoms with Gasteiger partial charge in [-0.25, -0.2) is 0 Å². The van der Waals surface area contributed by atoms with Gasteiger partial charge in [-0.3, -0.25) is 0 Å². The van der Waals surface area contributed by atoms with E-state index in [9.17, 15) is 0 Å². The summed E-state index contributed by atoms with van der Waals surface area (Å²) in [7, 11) is 0. The van der Waals surface area contributed by atoms with Crippen molar-refractivity contribution in [3.05, 3.63) is 123 Å². The van der Waals surface area contributed by atoms with Gasteiger partial charge in [-0.15, -0.1) is 0 Å². The third kappa shape index (κ3) is 6.68. The third-order valence-corrected chi connectivity index (χ3v) is 19.3. The van der Waals surface area contributed by atoms with E-state index in [1.807, 2.05) is 0 Å². The quantitative estimate of drug-likeness (QED) is 0.160. The van der Waals surface area contributed by atoms with Crippen LogP contribution < -0.4 is 26.2 Å². The molecule has 5 aromatic rings. The van der Waals surface area contributed by atoms with Gasteiger partial charge in [-0.05, 0) is 216 Å². The Kier molecular flexibility index (Phi) is 9.43. The van der Waals surface area contributed by atoms with Gasteiger partial charge in [0, 0.05) is 34.1 Å². The van der Waals surface area contributed by atoms with Crippen molar-refractivity contribution < 1.29 is 0 Å². The van der Waals surface area contributed by atoms with Crippen LogP contribution in [-0.4, -0.2) is 6.71 Å². The summed E-state index contributed by atoms with van der Waals surface area (Å²) < 4.78 is 0. The van der Waals surface area contributed by atoms with Gasteiger partial charge in [0.25, 0.3) is 6.71 Å². The van der Waals surface area contributed by atoms with E-state index in [4.69, 9.17) is 0 Å². The van der Waals surface area contributed by atoms with Gasteiger partial charge < -0.3 is 9.80 Å². The van der Waals surface area contributed by atoms with Crippen molar-refractivity contribution in [2.24, 2.45) is 0 Å². The molecule has 2 aliphatic heterocycles. The Bertz CT molecular complexity index is 2920. The maximum Gasteiger partial charge on any atom is 0.252 e. The number of benzene rings is 5.